The number of hydrogen-bond acceptors (Lipinski definition) is 5. The maximum absolute atomic E-state index is 6.10. The van der Waals surface area contributed by atoms with Crippen LogP contribution in [-0.2, 0) is 0 Å². The molecule has 2 N–H and O–H groups in total. The van der Waals surface area contributed by atoms with Crippen molar-refractivity contribution in [3.05, 3.63) is 47.6 Å². The molecule has 2 rings (SSSR count). The van der Waals surface area contributed by atoms with Gasteiger partial charge in [0.2, 0.25) is 5.95 Å². The van der Waals surface area contributed by atoms with Crippen molar-refractivity contribution in [2.45, 2.75) is 6.92 Å². The van der Waals surface area contributed by atoms with E-state index in [4.69, 9.17) is 16.3 Å². The van der Waals surface area contributed by atoms with Gasteiger partial charge in [-0.2, -0.15) is 4.98 Å². The highest BCUT2D eigenvalue weighted by Gasteiger charge is 2.05. The van der Waals surface area contributed by atoms with Crippen molar-refractivity contribution >= 4 is 29.1 Å². The van der Waals surface area contributed by atoms with E-state index in [1.807, 2.05) is 19.1 Å². The van der Waals surface area contributed by atoms with E-state index in [0.29, 0.717) is 23.3 Å². The zero-order valence-corrected chi connectivity index (χ0v) is 12.7. The lowest BCUT2D eigenvalue weighted by Gasteiger charge is -2.10. The van der Waals surface area contributed by atoms with Gasteiger partial charge in [0.15, 0.2) is 0 Å². The van der Waals surface area contributed by atoms with Gasteiger partial charge in [0.05, 0.1) is 12.1 Å². The van der Waals surface area contributed by atoms with Crippen molar-refractivity contribution in [2.75, 3.05) is 24.3 Å². The van der Waals surface area contributed by atoms with Crippen molar-refractivity contribution in [3.8, 4) is 5.75 Å². The highest BCUT2D eigenvalue weighted by Crippen LogP contribution is 2.28. The molecule has 21 heavy (non-hydrogen) atoms. The van der Waals surface area contributed by atoms with Gasteiger partial charge in [-0.25, -0.2) is 4.98 Å². The summed E-state index contributed by atoms with van der Waals surface area (Å²) in [5, 5.41) is 6.79. The van der Waals surface area contributed by atoms with Crippen LogP contribution in [0.3, 0.4) is 0 Å². The SMILES string of the molecule is C=CCNc1cc(C)nc(Nc2ccc(OC)c(Cl)c2)n1. The number of aromatic nitrogens is 2. The minimum Gasteiger partial charge on any atom is -0.495 e. The first kappa shape index (κ1) is 15.1. The molecule has 0 fully saturated rings. The molecule has 0 amide bonds. The summed E-state index contributed by atoms with van der Waals surface area (Å²) in [7, 11) is 1.58. The Labute approximate surface area is 129 Å². The van der Waals surface area contributed by atoms with Gasteiger partial charge in [0.1, 0.15) is 11.6 Å². The Balaban J connectivity index is 2.20. The number of benzene rings is 1. The predicted octanol–water partition coefficient (Wildman–Crippen LogP) is 3.79. The standard InChI is InChI=1S/C15H17ClN4O/c1-4-7-17-14-8-10(2)18-15(20-14)19-11-5-6-13(21-3)12(16)9-11/h4-6,8-9H,1,7H2,2-3H3,(H2,17,18,19,20). The summed E-state index contributed by atoms with van der Waals surface area (Å²) in [6, 6.07) is 7.28. The Bertz CT molecular complexity index is 646. The van der Waals surface area contributed by atoms with E-state index >= 15 is 0 Å². The van der Waals surface area contributed by atoms with Crippen LogP contribution in [-0.4, -0.2) is 23.6 Å². The second-order valence-electron chi connectivity index (χ2n) is 4.36. The van der Waals surface area contributed by atoms with E-state index in [0.717, 1.165) is 17.2 Å². The number of hydrogen-bond donors (Lipinski definition) is 2. The van der Waals surface area contributed by atoms with Crippen molar-refractivity contribution in [1.29, 1.82) is 0 Å². The molecule has 2 aromatic rings. The molecule has 5 nitrogen and oxygen atoms in total. The fourth-order valence-corrected chi connectivity index (χ4v) is 2.02. The van der Waals surface area contributed by atoms with Crippen LogP contribution in [0.1, 0.15) is 5.69 Å². The third-order valence-electron chi connectivity index (χ3n) is 2.69. The van der Waals surface area contributed by atoms with Gasteiger partial charge in [0, 0.05) is 24.0 Å². The average molecular weight is 305 g/mol. The molecule has 1 aromatic carbocycles. The number of nitrogens with one attached hydrogen (secondary N) is 2. The van der Waals surface area contributed by atoms with Crippen LogP contribution in [0.15, 0.2) is 36.9 Å². The summed E-state index contributed by atoms with van der Waals surface area (Å²) in [6.45, 7) is 6.22. The van der Waals surface area contributed by atoms with Crippen LogP contribution in [0.25, 0.3) is 0 Å². The molecule has 0 aliphatic carbocycles. The molecule has 0 aliphatic rings. The zero-order chi connectivity index (χ0) is 15.2. The number of rotatable bonds is 6. The Morgan fingerprint density at radius 1 is 1.33 bits per heavy atom. The molecule has 6 heteroatoms. The van der Waals surface area contributed by atoms with Crippen LogP contribution in [0.2, 0.25) is 5.02 Å². The van der Waals surface area contributed by atoms with Gasteiger partial charge in [-0.1, -0.05) is 17.7 Å². The fourth-order valence-electron chi connectivity index (χ4n) is 1.76. The molecule has 0 spiro atoms. The Kier molecular flexibility index (Phi) is 5.00. The highest BCUT2D eigenvalue weighted by molar-refractivity contribution is 6.32. The third-order valence-corrected chi connectivity index (χ3v) is 2.99. The van der Waals surface area contributed by atoms with Crippen LogP contribution in [0, 0.1) is 6.92 Å². The first-order valence-electron chi connectivity index (χ1n) is 6.43. The van der Waals surface area contributed by atoms with Gasteiger partial charge in [-0.15, -0.1) is 6.58 Å². The number of ether oxygens (including phenoxy) is 1. The molecule has 1 heterocycles. The Hall–Kier alpha value is -2.27. The van der Waals surface area contributed by atoms with E-state index < -0.39 is 0 Å². The van der Waals surface area contributed by atoms with Crippen molar-refractivity contribution in [2.24, 2.45) is 0 Å². The van der Waals surface area contributed by atoms with E-state index in [9.17, 15) is 0 Å². The second kappa shape index (κ2) is 6.95. The molecule has 110 valence electrons. The predicted molar refractivity (Wildman–Crippen MR) is 86.7 cm³/mol. The summed E-state index contributed by atoms with van der Waals surface area (Å²) >= 11 is 6.10. The number of nitrogens with zero attached hydrogens (tertiary/aromatic N) is 2. The lowest BCUT2D eigenvalue weighted by Crippen LogP contribution is -2.05. The number of aryl methyl sites for hydroxylation is 1. The molecule has 1 aromatic heterocycles. The normalized spacial score (nSPS) is 10.0. The van der Waals surface area contributed by atoms with E-state index in [2.05, 4.69) is 27.2 Å². The first-order valence-corrected chi connectivity index (χ1v) is 6.81. The smallest absolute Gasteiger partial charge is 0.229 e. The average Bonchev–Trinajstić information content (AvgIpc) is 2.45. The first-order chi connectivity index (χ1) is 10.1. The van der Waals surface area contributed by atoms with Crippen molar-refractivity contribution < 1.29 is 4.74 Å². The fraction of sp³-hybridized carbons (Fsp3) is 0.200. The summed E-state index contributed by atoms with van der Waals surface area (Å²) in [5.41, 5.74) is 1.65. The lowest BCUT2D eigenvalue weighted by molar-refractivity contribution is 0.415. The zero-order valence-electron chi connectivity index (χ0n) is 12.0. The molecule has 0 radical (unpaired) electrons. The van der Waals surface area contributed by atoms with Gasteiger partial charge in [-0.3, -0.25) is 0 Å². The number of anilines is 3. The quantitative estimate of drug-likeness (QED) is 0.795. The summed E-state index contributed by atoms with van der Waals surface area (Å²) < 4.78 is 5.12. The maximum Gasteiger partial charge on any atom is 0.229 e. The molecule has 0 saturated heterocycles. The van der Waals surface area contributed by atoms with Gasteiger partial charge >= 0.3 is 0 Å². The molecule has 0 atom stereocenters. The molecular weight excluding hydrogens is 288 g/mol. The Morgan fingerprint density at radius 2 is 2.14 bits per heavy atom. The van der Waals surface area contributed by atoms with Crippen molar-refractivity contribution in [3.63, 3.8) is 0 Å². The summed E-state index contributed by atoms with van der Waals surface area (Å²) in [4.78, 5) is 8.73. The van der Waals surface area contributed by atoms with E-state index in [-0.39, 0.29) is 0 Å². The minimum atomic E-state index is 0.503. The van der Waals surface area contributed by atoms with Crippen LogP contribution in [0.4, 0.5) is 17.5 Å². The van der Waals surface area contributed by atoms with E-state index in [1.165, 1.54) is 0 Å². The Morgan fingerprint density at radius 3 is 2.81 bits per heavy atom. The monoisotopic (exact) mass is 304 g/mol. The number of halogens is 1. The summed E-state index contributed by atoms with van der Waals surface area (Å²) in [5.74, 6) is 1.87. The topological polar surface area (TPSA) is 59.1 Å². The second-order valence-corrected chi connectivity index (χ2v) is 4.77. The van der Waals surface area contributed by atoms with Crippen LogP contribution in [0.5, 0.6) is 5.75 Å². The lowest BCUT2D eigenvalue weighted by atomic mass is 10.3. The third kappa shape index (κ3) is 4.10. The largest absolute Gasteiger partial charge is 0.495 e. The van der Waals surface area contributed by atoms with Crippen LogP contribution >= 0.6 is 11.6 Å². The van der Waals surface area contributed by atoms with Gasteiger partial charge < -0.3 is 15.4 Å². The van der Waals surface area contributed by atoms with E-state index in [1.54, 1.807) is 25.3 Å². The van der Waals surface area contributed by atoms with Crippen molar-refractivity contribution in [1.82, 2.24) is 9.97 Å². The molecule has 0 bridgehead atoms. The van der Waals surface area contributed by atoms with Gasteiger partial charge in [-0.05, 0) is 25.1 Å². The number of methoxy groups -OCH3 is 1. The molecular formula is C15H17ClN4O. The molecule has 0 saturated carbocycles. The summed E-state index contributed by atoms with van der Waals surface area (Å²) in [6.07, 6.45) is 1.77. The molecule has 0 aliphatic heterocycles. The highest BCUT2D eigenvalue weighted by atomic mass is 35.5. The van der Waals surface area contributed by atoms with Gasteiger partial charge in [0.25, 0.3) is 0 Å². The maximum atomic E-state index is 6.10. The molecule has 0 unspecified atom stereocenters. The van der Waals surface area contributed by atoms with Crippen LogP contribution < -0.4 is 15.4 Å². The minimum absolute atomic E-state index is 0.503.